The third-order valence-corrected chi connectivity index (χ3v) is 5.03. The molecular formula is C16H26ClN3O2S. The second-order valence-corrected chi connectivity index (χ2v) is 8.80. The molecule has 1 aliphatic heterocycles. The maximum atomic E-state index is 12.2. The van der Waals surface area contributed by atoms with Crippen molar-refractivity contribution in [3.05, 3.63) is 15.5 Å². The number of carbonyl (C=O) groups excluding carboxylic acids is 1. The number of ether oxygens (including phenoxy) is 1. The zero-order valence-corrected chi connectivity index (χ0v) is 15.8. The minimum Gasteiger partial charge on any atom is -0.444 e. The molecule has 0 saturated carbocycles. The summed E-state index contributed by atoms with van der Waals surface area (Å²) >= 11 is 7.40. The fraction of sp³-hybridized carbons (Fsp3) is 0.750. The molecule has 1 saturated heterocycles. The second-order valence-electron chi connectivity index (χ2n) is 7.06. The van der Waals surface area contributed by atoms with Crippen molar-refractivity contribution in [2.45, 2.75) is 58.7 Å². The third kappa shape index (κ3) is 5.94. The number of piperidine rings is 1. The summed E-state index contributed by atoms with van der Waals surface area (Å²) in [5, 5.41) is 4.49. The van der Waals surface area contributed by atoms with E-state index in [1.807, 2.05) is 25.7 Å². The molecule has 1 aromatic rings. The van der Waals surface area contributed by atoms with Gasteiger partial charge in [0.1, 0.15) is 14.9 Å². The lowest BCUT2D eigenvalue weighted by Crippen LogP contribution is -2.47. The number of aromatic nitrogens is 1. The van der Waals surface area contributed by atoms with Gasteiger partial charge >= 0.3 is 6.09 Å². The Hall–Kier alpha value is -0.850. The van der Waals surface area contributed by atoms with Crippen LogP contribution in [0.3, 0.4) is 0 Å². The maximum absolute atomic E-state index is 12.2. The topological polar surface area (TPSA) is 54.5 Å². The molecule has 7 heteroatoms. The summed E-state index contributed by atoms with van der Waals surface area (Å²) < 4.78 is 6.19. The highest BCUT2D eigenvalue weighted by Crippen LogP contribution is 2.23. The summed E-state index contributed by atoms with van der Waals surface area (Å²) in [4.78, 5) is 18.3. The highest BCUT2D eigenvalue weighted by atomic mass is 35.5. The quantitative estimate of drug-likeness (QED) is 0.885. The molecule has 2 unspecified atom stereocenters. The zero-order valence-electron chi connectivity index (χ0n) is 14.3. The van der Waals surface area contributed by atoms with Crippen LogP contribution in [0.4, 0.5) is 4.79 Å². The average Bonchev–Trinajstić information content (AvgIpc) is 2.89. The molecule has 1 amide bonds. The summed E-state index contributed by atoms with van der Waals surface area (Å²) in [6.07, 6.45) is 3.60. The van der Waals surface area contributed by atoms with Gasteiger partial charge in [-0.15, -0.1) is 11.3 Å². The first-order valence-corrected chi connectivity index (χ1v) is 9.25. The average molecular weight is 360 g/mol. The molecule has 0 spiro atoms. The van der Waals surface area contributed by atoms with Crippen molar-refractivity contribution in [3.63, 3.8) is 0 Å². The highest BCUT2D eigenvalue weighted by molar-refractivity contribution is 7.15. The molecule has 2 rings (SSSR count). The Morgan fingerprint density at radius 2 is 2.35 bits per heavy atom. The first-order chi connectivity index (χ1) is 10.7. The van der Waals surface area contributed by atoms with Crippen molar-refractivity contribution in [2.75, 3.05) is 13.1 Å². The van der Waals surface area contributed by atoms with Gasteiger partial charge in [-0.25, -0.2) is 9.78 Å². The van der Waals surface area contributed by atoms with Crippen molar-refractivity contribution in [2.24, 2.45) is 5.92 Å². The van der Waals surface area contributed by atoms with E-state index in [1.165, 1.54) is 11.3 Å². The van der Waals surface area contributed by atoms with Gasteiger partial charge in [0.25, 0.3) is 0 Å². The van der Waals surface area contributed by atoms with E-state index in [-0.39, 0.29) is 6.09 Å². The van der Waals surface area contributed by atoms with Gasteiger partial charge in [0, 0.05) is 25.7 Å². The lowest BCUT2D eigenvalue weighted by atomic mass is 9.92. The largest absolute Gasteiger partial charge is 0.444 e. The van der Waals surface area contributed by atoms with Gasteiger partial charge < -0.3 is 15.0 Å². The van der Waals surface area contributed by atoms with Crippen molar-refractivity contribution < 1.29 is 9.53 Å². The fourth-order valence-corrected chi connectivity index (χ4v) is 3.60. The molecule has 1 N–H and O–H groups in total. The number of amides is 1. The SMILES string of the molecule is CC(NCc1ncc(Cl)s1)C1CCCN(C(=O)OC(C)(C)C)C1. The molecule has 0 radical (unpaired) electrons. The van der Waals surface area contributed by atoms with Crippen LogP contribution in [0.1, 0.15) is 45.5 Å². The number of thiazole rings is 1. The molecule has 0 aliphatic carbocycles. The fourth-order valence-electron chi connectivity index (χ4n) is 2.70. The molecule has 1 aromatic heterocycles. The number of rotatable bonds is 4. The van der Waals surface area contributed by atoms with Crippen LogP contribution in [0.15, 0.2) is 6.20 Å². The van der Waals surface area contributed by atoms with Crippen LogP contribution in [-0.2, 0) is 11.3 Å². The van der Waals surface area contributed by atoms with Gasteiger partial charge in [0.05, 0.1) is 6.20 Å². The predicted octanol–water partition coefficient (Wildman–Crippen LogP) is 3.92. The number of hydrogen-bond acceptors (Lipinski definition) is 5. The number of hydrogen-bond donors (Lipinski definition) is 1. The smallest absolute Gasteiger partial charge is 0.410 e. The molecule has 130 valence electrons. The number of nitrogens with one attached hydrogen (secondary N) is 1. The van der Waals surface area contributed by atoms with Crippen LogP contribution in [0, 0.1) is 5.92 Å². The third-order valence-electron chi connectivity index (χ3n) is 3.92. The standard InChI is InChI=1S/C16H26ClN3O2S/c1-11(18-9-14-19-8-13(17)23-14)12-6-5-7-20(10-12)15(21)22-16(2,3)4/h8,11-12,18H,5-7,9-10H2,1-4H3. The predicted molar refractivity (Wildman–Crippen MR) is 94.0 cm³/mol. The molecule has 2 atom stereocenters. The summed E-state index contributed by atoms with van der Waals surface area (Å²) in [7, 11) is 0. The van der Waals surface area contributed by atoms with Crippen molar-refractivity contribution in [1.82, 2.24) is 15.2 Å². The van der Waals surface area contributed by atoms with Crippen LogP contribution < -0.4 is 5.32 Å². The molecule has 0 aromatic carbocycles. The highest BCUT2D eigenvalue weighted by Gasteiger charge is 2.30. The van der Waals surface area contributed by atoms with E-state index in [2.05, 4.69) is 17.2 Å². The zero-order chi connectivity index (χ0) is 17.0. The molecule has 2 heterocycles. The van der Waals surface area contributed by atoms with E-state index in [0.29, 0.717) is 22.8 Å². The van der Waals surface area contributed by atoms with E-state index in [1.54, 1.807) is 6.20 Å². The van der Waals surface area contributed by atoms with Crippen LogP contribution >= 0.6 is 22.9 Å². The van der Waals surface area contributed by atoms with Gasteiger partial charge in [0.2, 0.25) is 0 Å². The van der Waals surface area contributed by atoms with Gasteiger partial charge in [-0.2, -0.15) is 0 Å². The molecule has 0 bridgehead atoms. The Balaban J connectivity index is 1.83. The van der Waals surface area contributed by atoms with E-state index in [4.69, 9.17) is 16.3 Å². The van der Waals surface area contributed by atoms with Gasteiger partial charge in [0.15, 0.2) is 0 Å². The van der Waals surface area contributed by atoms with E-state index in [9.17, 15) is 4.79 Å². The molecule has 23 heavy (non-hydrogen) atoms. The van der Waals surface area contributed by atoms with Gasteiger partial charge in [-0.3, -0.25) is 0 Å². The summed E-state index contributed by atoms with van der Waals surface area (Å²) in [6, 6.07) is 0.308. The first kappa shape index (κ1) is 18.5. The first-order valence-electron chi connectivity index (χ1n) is 8.06. The molecule has 1 fully saturated rings. The molecule has 5 nitrogen and oxygen atoms in total. The minimum absolute atomic E-state index is 0.207. The summed E-state index contributed by atoms with van der Waals surface area (Å²) in [6.45, 7) is 10.1. The van der Waals surface area contributed by atoms with Crippen molar-refractivity contribution in [3.8, 4) is 0 Å². The Bertz CT molecular complexity index is 530. The van der Waals surface area contributed by atoms with E-state index >= 15 is 0 Å². The van der Waals surface area contributed by atoms with E-state index < -0.39 is 5.60 Å². The van der Waals surface area contributed by atoms with Gasteiger partial charge in [-0.1, -0.05) is 11.6 Å². The second kappa shape index (κ2) is 7.81. The normalized spacial score (nSPS) is 20.4. The minimum atomic E-state index is -0.446. The van der Waals surface area contributed by atoms with Crippen molar-refractivity contribution in [1.29, 1.82) is 0 Å². The summed E-state index contributed by atoms with van der Waals surface area (Å²) in [5.74, 6) is 0.423. The van der Waals surface area contributed by atoms with E-state index in [0.717, 1.165) is 30.9 Å². The van der Waals surface area contributed by atoms with Gasteiger partial charge in [-0.05, 0) is 46.5 Å². The number of carbonyl (C=O) groups is 1. The van der Waals surface area contributed by atoms with Crippen LogP contribution in [0.25, 0.3) is 0 Å². The Morgan fingerprint density at radius 3 is 2.96 bits per heavy atom. The monoisotopic (exact) mass is 359 g/mol. The lowest BCUT2D eigenvalue weighted by molar-refractivity contribution is 0.0148. The van der Waals surface area contributed by atoms with Crippen LogP contribution in [0.5, 0.6) is 0 Å². The van der Waals surface area contributed by atoms with Crippen LogP contribution in [0.2, 0.25) is 4.34 Å². The molecular weight excluding hydrogens is 334 g/mol. The number of likely N-dealkylation sites (tertiary alicyclic amines) is 1. The van der Waals surface area contributed by atoms with Crippen LogP contribution in [-0.4, -0.2) is 40.7 Å². The Labute approximate surface area is 147 Å². The number of halogens is 1. The Kier molecular flexibility index (Phi) is 6.28. The lowest BCUT2D eigenvalue weighted by Gasteiger charge is -2.36. The summed E-state index contributed by atoms with van der Waals surface area (Å²) in [5.41, 5.74) is -0.446. The maximum Gasteiger partial charge on any atom is 0.410 e. The molecule has 1 aliphatic rings. The number of nitrogens with zero attached hydrogens (tertiary/aromatic N) is 2. The Morgan fingerprint density at radius 1 is 1.61 bits per heavy atom. The van der Waals surface area contributed by atoms with Crippen molar-refractivity contribution >= 4 is 29.0 Å².